The summed E-state index contributed by atoms with van der Waals surface area (Å²) in [6.45, 7) is 10.2. The van der Waals surface area contributed by atoms with Gasteiger partial charge in [0.15, 0.2) is 0 Å². The van der Waals surface area contributed by atoms with Gasteiger partial charge in [-0.25, -0.2) is 0 Å². The SMILES string of the molecule is Cc1cc(CNCc2ccc(C(C)(C)C)cc2)no1.Cl. The summed E-state index contributed by atoms with van der Waals surface area (Å²) < 4.78 is 5.03. The molecule has 0 atom stereocenters. The minimum atomic E-state index is 0. The maximum atomic E-state index is 5.03. The van der Waals surface area contributed by atoms with Gasteiger partial charge in [0.1, 0.15) is 5.76 Å². The Labute approximate surface area is 127 Å². The Bertz CT molecular complexity index is 526. The Morgan fingerprint density at radius 3 is 2.25 bits per heavy atom. The van der Waals surface area contributed by atoms with Gasteiger partial charge in [0.25, 0.3) is 0 Å². The van der Waals surface area contributed by atoms with Gasteiger partial charge >= 0.3 is 0 Å². The predicted molar refractivity (Wildman–Crippen MR) is 84.2 cm³/mol. The third-order valence-corrected chi connectivity index (χ3v) is 3.13. The summed E-state index contributed by atoms with van der Waals surface area (Å²) in [5.74, 6) is 0.853. The number of hydrogen-bond donors (Lipinski definition) is 1. The molecule has 1 aromatic carbocycles. The van der Waals surface area contributed by atoms with Gasteiger partial charge in [-0.3, -0.25) is 0 Å². The second kappa shape index (κ2) is 6.91. The highest BCUT2D eigenvalue weighted by molar-refractivity contribution is 5.85. The Hall–Kier alpha value is -1.32. The van der Waals surface area contributed by atoms with Crippen LogP contribution in [0.4, 0.5) is 0 Å². The summed E-state index contributed by atoms with van der Waals surface area (Å²) in [7, 11) is 0. The smallest absolute Gasteiger partial charge is 0.133 e. The van der Waals surface area contributed by atoms with E-state index in [1.165, 1.54) is 11.1 Å². The molecule has 0 spiro atoms. The van der Waals surface area contributed by atoms with Crippen molar-refractivity contribution in [2.75, 3.05) is 0 Å². The van der Waals surface area contributed by atoms with E-state index in [0.717, 1.165) is 24.5 Å². The molecule has 0 aliphatic rings. The summed E-state index contributed by atoms with van der Waals surface area (Å²) in [6, 6.07) is 10.7. The van der Waals surface area contributed by atoms with Gasteiger partial charge in [-0.05, 0) is 23.5 Å². The summed E-state index contributed by atoms with van der Waals surface area (Å²) in [4.78, 5) is 0. The molecule has 1 aromatic heterocycles. The molecule has 1 heterocycles. The van der Waals surface area contributed by atoms with Crippen LogP contribution in [-0.2, 0) is 18.5 Å². The third kappa shape index (κ3) is 4.66. The number of hydrogen-bond acceptors (Lipinski definition) is 3. The Morgan fingerprint density at radius 1 is 1.10 bits per heavy atom. The lowest BCUT2D eigenvalue weighted by Gasteiger charge is -2.19. The second-order valence-electron chi connectivity index (χ2n) is 5.98. The van der Waals surface area contributed by atoms with Gasteiger partial charge in [0.2, 0.25) is 0 Å². The molecule has 0 bridgehead atoms. The molecule has 3 nitrogen and oxygen atoms in total. The third-order valence-electron chi connectivity index (χ3n) is 3.13. The van der Waals surface area contributed by atoms with Crippen molar-refractivity contribution in [2.45, 2.75) is 46.2 Å². The zero-order valence-corrected chi connectivity index (χ0v) is 13.4. The standard InChI is InChI=1S/C16H22N2O.ClH/c1-12-9-15(18-19-12)11-17-10-13-5-7-14(8-6-13)16(2,3)4;/h5-9,17H,10-11H2,1-4H3;1H. The van der Waals surface area contributed by atoms with Crippen molar-refractivity contribution < 1.29 is 4.52 Å². The van der Waals surface area contributed by atoms with Gasteiger partial charge in [0.05, 0.1) is 5.69 Å². The first-order valence-corrected chi connectivity index (χ1v) is 6.67. The van der Waals surface area contributed by atoms with E-state index < -0.39 is 0 Å². The van der Waals surface area contributed by atoms with Gasteiger partial charge < -0.3 is 9.84 Å². The fraction of sp³-hybridized carbons (Fsp3) is 0.438. The number of nitrogens with one attached hydrogen (secondary N) is 1. The number of nitrogens with zero attached hydrogens (tertiary/aromatic N) is 1. The van der Waals surface area contributed by atoms with E-state index in [-0.39, 0.29) is 17.8 Å². The topological polar surface area (TPSA) is 38.1 Å². The Balaban J connectivity index is 0.00000200. The molecular weight excluding hydrogens is 272 g/mol. The molecule has 0 saturated heterocycles. The van der Waals surface area contributed by atoms with E-state index in [1.54, 1.807) is 0 Å². The van der Waals surface area contributed by atoms with Crippen LogP contribution in [0, 0.1) is 6.92 Å². The van der Waals surface area contributed by atoms with Crippen molar-refractivity contribution >= 4 is 12.4 Å². The van der Waals surface area contributed by atoms with Crippen molar-refractivity contribution in [2.24, 2.45) is 0 Å². The fourth-order valence-electron chi connectivity index (χ4n) is 1.96. The monoisotopic (exact) mass is 294 g/mol. The molecule has 0 unspecified atom stereocenters. The highest BCUT2D eigenvalue weighted by atomic mass is 35.5. The van der Waals surface area contributed by atoms with Crippen LogP contribution < -0.4 is 5.32 Å². The molecule has 0 amide bonds. The molecular formula is C16H23ClN2O. The molecule has 0 aliphatic carbocycles. The minimum Gasteiger partial charge on any atom is -0.361 e. The predicted octanol–water partition coefficient (Wildman–Crippen LogP) is 3.99. The van der Waals surface area contributed by atoms with Gasteiger partial charge in [-0.1, -0.05) is 50.2 Å². The maximum absolute atomic E-state index is 5.03. The molecule has 0 radical (unpaired) electrons. The average molecular weight is 295 g/mol. The van der Waals surface area contributed by atoms with Crippen LogP contribution in [-0.4, -0.2) is 5.16 Å². The summed E-state index contributed by atoms with van der Waals surface area (Å²) in [6.07, 6.45) is 0. The van der Waals surface area contributed by atoms with E-state index in [1.807, 2.05) is 13.0 Å². The van der Waals surface area contributed by atoms with Crippen LogP contribution in [0.15, 0.2) is 34.9 Å². The van der Waals surface area contributed by atoms with E-state index >= 15 is 0 Å². The van der Waals surface area contributed by atoms with Crippen molar-refractivity contribution in [3.63, 3.8) is 0 Å². The maximum Gasteiger partial charge on any atom is 0.133 e. The van der Waals surface area contributed by atoms with Crippen LogP contribution in [0.5, 0.6) is 0 Å². The van der Waals surface area contributed by atoms with E-state index in [2.05, 4.69) is 55.5 Å². The Kier molecular flexibility index (Phi) is 5.78. The summed E-state index contributed by atoms with van der Waals surface area (Å²) in [5.41, 5.74) is 3.81. The summed E-state index contributed by atoms with van der Waals surface area (Å²) in [5, 5.41) is 7.32. The molecule has 4 heteroatoms. The Morgan fingerprint density at radius 2 is 1.75 bits per heavy atom. The van der Waals surface area contributed by atoms with E-state index in [9.17, 15) is 0 Å². The number of aryl methyl sites for hydroxylation is 1. The lowest BCUT2D eigenvalue weighted by atomic mass is 9.87. The quantitative estimate of drug-likeness (QED) is 0.926. The molecule has 0 saturated carbocycles. The van der Waals surface area contributed by atoms with E-state index in [4.69, 9.17) is 4.52 Å². The first kappa shape index (κ1) is 16.7. The van der Waals surface area contributed by atoms with Gasteiger partial charge in [-0.15, -0.1) is 12.4 Å². The van der Waals surface area contributed by atoms with Crippen LogP contribution in [0.25, 0.3) is 0 Å². The van der Waals surface area contributed by atoms with Crippen molar-refractivity contribution in [1.29, 1.82) is 0 Å². The van der Waals surface area contributed by atoms with Crippen LogP contribution in [0.1, 0.15) is 43.4 Å². The second-order valence-corrected chi connectivity index (χ2v) is 5.98. The average Bonchev–Trinajstić information content (AvgIpc) is 2.75. The zero-order valence-electron chi connectivity index (χ0n) is 12.6. The lowest BCUT2D eigenvalue weighted by molar-refractivity contribution is 0.388. The minimum absolute atomic E-state index is 0. The van der Waals surface area contributed by atoms with Gasteiger partial charge in [-0.2, -0.15) is 0 Å². The van der Waals surface area contributed by atoms with Crippen molar-refractivity contribution in [3.05, 3.63) is 52.9 Å². The first-order valence-electron chi connectivity index (χ1n) is 6.67. The first-order chi connectivity index (χ1) is 8.95. The highest BCUT2D eigenvalue weighted by Gasteiger charge is 2.12. The van der Waals surface area contributed by atoms with Crippen LogP contribution in [0.2, 0.25) is 0 Å². The zero-order chi connectivity index (χ0) is 13.9. The molecule has 0 fully saturated rings. The number of benzene rings is 1. The van der Waals surface area contributed by atoms with E-state index in [0.29, 0.717) is 0 Å². The lowest BCUT2D eigenvalue weighted by Crippen LogP contribution is -2.14. The van der Waals surface area contributed by atoms with Crippen molar-refractivity contribution in [1.82, 2.24) is 10.5 Å². The van der Waals surface area contributed by atoms with Crippen LogP contribution in [0.3, 0.4) is 0 Å². The van der Waals surface area contributed by atoms with Gasteiger partial charge in [0, 0.05) is 19.2 Å². The molecule has 1 N–H and O–H groups in total. The molecule has 20 heavy (non-hydrogen) atoms. The number of halogens is 1. The molecule has 0 aliphatic heterocycles. The number of rotatable bonds is 4. The largest absolute Gasteiger partial charge is 0.361 e. The number of aromatic nitrogens is 1. The molecule has 2 aromatic rings. The molecule has 110 valence electrons. The van der Waals surface area contributed by atoms with Crippen molar-refractivity contribution in [3.8, 4) is 0 Å². The fourth-order valence-corrected chi connectivity index (χ4v) is 1.96. The van der Waals surface area contributed by atoms with Crippen LogP contribution >= 0.6 is 12.4 Å². The molecule has 2 rings (SSSR count). The summed E-state index contributed by atoms with van der Waals surface area (Å²) >= 11 is 0. The highest BCUT2D eigenvalue weighted by Crippen LogP contribution is 2.22. The normalized spacial score (nSPS) is 11.2.